The number of hydrogen-bond donors (Lipinski definition) is 0. The van der Waals surface area contributed by atoms with Crippen molar-refractivity contribution in [1.82, 2.24) is 19.8 Å². The van der Waals surface area contributed by atoms with Crippen LogP contribution in [0.5, 0.6) is 0 Å². The number of oxazole rings is 1. The summed E-state index contributed by atoms with van der Waals surface area (Å²) in [7, 11) is 0. The molecule has 0 radical (unpaired) electrons. The van der Waals surface area contributed by atoms with Gasteiger partial charge in [0.2, 0.25) is 0 Å². The van der Waals surface area contributed by atoms with Gasteiger partial charge in [-0.25, -0.2) is 14.8 Å². The van der Waals surface area contributed by atoms with Crippen LogP contribution in [0.4, 0.5) is 4.79 Å². The lowest BCUT2D eigenvalue weighted by atomic mass is 10.2. The van der Waals surface area contributed by atoms with Gasteiger partial charge in [-0.3, -0.25) is 4.79 Å². The fourth-order valence-electron chi connectivity index (χ4n) is 3.15. The predicted molar refractivity (Wildman–Crippen MR) is 115 cm³/mol. The molecule has 0 spiro atoms. The number of piperazine rings is 1. The van der Waals surface area contributed by atoms with Crippen molar-refractivity contribution in [3.8, 4) is 0 Å². The molecule has 8 nitrogen and oxygen atoms in total. The highest BCUT2D eigenvalue weighted by molar-refractivity contribution is 7.98. The first kappa shape index (κ1) is 20.7. The molecule has 0 atom stereocenters. The highest BCUT2D eigenvalue weighted by Gasteiger charge is 2.26. The summed E-state index contributed by atoms with van der Waals surface area (Å²) in [4.78, 5) is 36.8. The van der Waals surface area contributed by atoms with Crippen molar-refractivity contribution >= 4 is 46.2 Å². The Morgan fingerprint density at radius 1 is 1.20 bits per heavy atom. The Morgan fingerprint density at radius 2 is 1.97 bits per heavy atom. The van der Waals surface area contributed by atoms with E-state index in [2.05, 4.69) is 9.97 Å². The van der Waals surface area contributed by atoms with E-state index in [-0.39, 0.29) is 12.0 Å². The highest BCUT2D eigenvalue weighted by Crippen LogP contribution is 2.28. The minimum absolute atomic E-state index is 0.108. The molecule has 30 heavy (non-hydrogen) atoms. The number of aromatic nitrogens is 2. The number of nitrogens with zero attached hydrogens (tertiary/aromatic N) is 4. The number of hydrogen-bond acceptors (Lipinski definition) is 8. The smallest absolute Gasteiger partial charge is 0.409 e. The fourth-order valence-corrected chi connectivity index (χ4v) is 4.77. The zero-order valence-electron chi connectivity index (χ0n) is 16.8. The number of rotatable bonds is 5. The molecule has 0 unspecified atom stereocenters. The van der Waals surface area contributed by atoms with Crippen LogP contribution >= 0.6 is 23.1 Å². The van der Waals surface area contributed by atoms with E-state index in [0.717, 1.165) is 21.7 Å². The lowest BCUT2D eigenvalue weighted by Crippen LogP contribution is -2.50. The maximum Gasteiger partial charge on any atom is 0.409 e. The van der Waals surface area contributed by atoms with E-state index in [9.17, 15) is 9.59 Å². The summed E-state index contributed by atoms with van der Waals surface area (Å²) in [6.45, 7) is 6.03. The lowest BCUT2D eigenvalue weighted by Gasteiger charge is -2.33. The summed E-state index contributed by atoms with van der Waals surface area (Å²) >= 11 is 2.91. The van der Waals surface area contributed by atoms with Crippen molar-refractivity contribution in [3.63, 3.8) is 0 Å². The van der Waals surface area contributed by atoms with Crippen molar-refractivity contribution in [3.05, 3.63) is 39.8 Å². The molecular weight excluding hydrogens is 424 g/mol. The Kier molecular flexibility index (Phi) is 6.24. The SMILES string of the molecule is CCOC(=O)N1CCN(C(=O)c2csc(CSc3nc4cc(C)ccc4o3)n2)CC1. The summed E-state index contributed by atoms with van der Waals surface area (Å²) in [5.41, 5.74) is 3.18. The van der Waals surface area contributed by atoms with E-state index in [4.69, 9.17) is 9.15 Å². The minimum atomic E-state index is -0.327. The third-order valence-corrected chi connectivity index (χ3v) is 6.58. The van der Waals surface area contributed by atoms with Crippen LogP contribution in [0.3, 0.4) is 0 Å². The second kappa shape index (κ2) is 9.05. The van der Waals surface area contributed by atoms with Crippen molar-refractivity contribution in [1.29, 1.82) is 0 Å². The zero-order chi connectivity index (χ0) is 21.1. The normalized spacial score (nSPS) is 14.3. The van der Waals surface area contributed by atoms with Crippen LogP contribution in [0.1, 0.15) is 28.0 Å². The van der Waals surface area contributed by atoms with Gasteiger partial charge in [0.25, 0.3) is 11.1 Å². The summed E-state index contributed by atoms with van der Waals surface area (Å²) in [5, 5.41) is 3.21. The number of carbonyl (C=O) groups is 2. The molecule has 3 heterocycles. The van der Waals surface area contributed by atoms with Crippen LogP contribution in [0, 0.1) is 6.92 Å². The minimum Gasteiger partial charge on any atom is -0.450 e. The molecular formula is C20H22N4O4S2. The monoisotopic (exact) mass is 446 g/mol. The Balaban J connectivity index is 1.32. The van der Waals surface area contributed by atoms with E-state index in [1.54, 1.807) is 22.1 Å². The van der Waals surface area contributed by atoms with Gasteiger partial charge < -0.3 is 19.0 Å². The lowest BCUT2D eigenvalue weighted by molar-refractivity contribution is 0.0566. The van der Waals surface area contributed by atoms with Gasteiger partial charge >= 0.3 is 6.09 Å². The molecule has 1 aromatic carbocycles. The van der Waals surface area contributed by atoms with Gasteiger partial charge in [-0.05, 0) is 31.5 Å². The Morgan fingerprint density at radius 3 is 2.73 bits per heavy atom. The molecule has 1 aliphatic heterocycles. The molecule has 2 aromatic heterocycles. The molecule has 2 amide bonds. The van der Waals surface area contributed by atoms with Crippen LogP contribution in [0.2, 0.25) is 0 Å². The van der Waals surface area contributed by atoms with Gasteiger partial charge in [0.05, 0.1) is 12.4 Å². The first-order valence-corrected chi connectivity index (χ1v) is 11.6. The standard InChI is InChI=1S/C20H22N4O4S2/c1-3-27-20(26)24-8-6-23(7-9-24)18(25)15-11-29-17(21-15)12-30-19-22-14-10-13(2)4-5-16(14)28-19/h4-5,10-11H,3,6-9,12H2,1-2H3. The van der Waals surface area contributed by atoms with E-state index < -0.39 is 0 Å². The molecule has 4 rings (SSSR count). The Labute approximate surface area is 182 Å². The van der Waals surface area contributed by atoms with Crippen LogP contribution in [0.25, 0.3) is 11.1 Å². The molecule has 3 aromatic rings. The van der Waals surface area contributed by atoms with Crippen LogP contribution in [0.15, 0.2) is 33.2 Å². The average molecular weight is 447 g/mol. The predicted octanol–water partition coefficient (Wildman–Crippen LogP) is 3.80. The summed E-state index contributed by atoms with van der Waals surface area (Å²) in [6, 6.07) is 5.90. The largest absolute Gasteiger partial charge is 0.450 e. The number of carbonyl (C=O) groups excluding carboxylic acids is 2. The molecule has 1 fully saturated rings. The second-order valence-corrected chi connectivity index (χ2v) is 8.71. The maximum absolute atomic E-state index is 12.7. The van der Waals surface area contributed by atoms with Crippen molar-refractivity contribution in [2.24, 2.45) is 0 Å². The molecule has 0 aliphatic carbocycles. The van der Waals surface area contributed by atoms with Gasteiger partial charge in [0.1, 0.15) is 16.2 Å². The Hall–Kier alpha value is -2.59. The molecule has 0 saturated carbocycles. The number of amides is 2. The summed E-state index contributed by atoms with van der Waals surface area (Å²) in [6.07, 6.45) is -0.327. The topological polar surface area (TPSA) is 88.8 Å². The first-order chi connectivity index (χ1) is 14.5. The van der Waals surface area contributed by atoms with E-state index >= 15 is 0 Å². The van der Waals surface area contributed by atoms with Crippen molar-refractivity contribution in [2.75, 3.05) is 32.8 Å². The summed E-state index contributed by atoms with van der Waals surface area (Å²) < 4.78 is 10.8. The Bertz CT molecular complexity index is 1060. The van der Waals surface area contributed by atoms with Gasteiger partial charge in [-0.1, -0.05) is 17.8 Å². The number of thioether (sulfide) groups is 1. The zero-order valence-corrected chi connectivity index (χ0v) is 18.4. The van der Waals surface area contributed by atoms with E-state index in [1.807, 2.05) is 25.1 Å². The first-order valence-electron chi connectivity index (χ1n) is 9.69. The van der Waals surface area contributed by atoms with Crippen LogP contribution < -0.4 is 0 Å². The number of aryl methyl sites for hydroxylation is 1. The molecule has 0 bridgehead atoms. The number of benzene rings is 1. The molecule has 1 aliphatic rings. The number of fused-ring (bicyclic) bond motifs is 1. The van der Waals surface area contributed by atoms with Crippen molar-refractivity contribution in [2.45, 2.75) is 24.8 Å². The van der Waals surface area contributed by atoms with Gasteiger partial charge in [-0.2, -0.15) is 0 Å². The molecule has 0 N–H and O–H groups in total. The second-order valence-electron chi connectivity index (χ2n) is 6.84. The van der Waals surface area contributed by atoms with Gasteiger partial charge in [0, 0.05) is 31.6 Å². The third kappa shape index (κ3) is 4.59. The number of ether oxygens (including phenoxy) is 1. The van der Waals surface area contributed by atoms with Gasteiger partial charge in [0.15, 0.2) is 5.58 Å². The fraction of sp³-hybridized carbons (Fsp3) is 0.400. The molecule has 10 heteroatoms. The average Bonchev–Trinajstić information content (AvgIpc) is 3.38. The van der Waals surface area contributed by atoms with Gasteiger partial charge in [-0.15, -0.1) is 11.3 Å². The van der Waals surface area contributed by atoms with E-state index in [0.29, 0.717) is 49.5 Å². The molecule has 158 valence electrons. The molecule has 1 saturated heterocycles. The third-order valence-electron chi connectivity index (χ3n) is 4.71. The maximum atomic E-state index is 12.7. The van der Waals surface area contributed by atoms with Crippen LogP contribution in [-0.4, -0.2) is 64.6 Å². The highest BCUT2D eigenvalue weighted by atomic mass is 32.2. The van der Waals surface area contributed by atoms with Crippen LogP contribution in [-0.2, 0) is 10.5 Å². The van der Waals surface area contributed by atoms with Crippen molar-refractivity contribution < 1.29 is 18.7 Å². The quantitative estimate of drug-likeness (QED) is 0.551. The number of thiazole rings is 1. The summed E-state index contributed by atoms with van der Waals surface area (Å²) in [5.74, 6) is 0.476. The van der Waals surface area contributed by atoms with E-state index in [1.165, 1.54) is 23.1 Å².